The van der Waals surface area contributed by atoms with Gasteiger partial charge in [0.25, 0.3) is 0 Å². The van der Waals surface area contributed by atoms with E-state index in [0.29, 0.717) is 0 Å². The normalized spacial score (nSPS) is 21.9. The minimum atomic E-state index is -0.455. The molecular formula is C3H7N3O3. The van der Waals surface area contributed by atoms with E-state index < -0.39 is 6.10 Å². The Labute approximate surface area is 51.1 Å². The van der Waals surface area contributed by atoms with Gasteiger partial charge in [-0.25, -0.2) is 0 Å². The number of β-amino-alcohol motifs (C(OH)–C–C–N with tert-alkyl or cyclic N) is 1. The van der Waals surface area contributed by atoms with Gasteiger partial charge in [-0.2, -0.15) is 0 Å². The maximum absolute atomic E-state index is 10.3. The van der Waals surface area contributed by atoms with Gasteiger partial charge in [0.2, 0.25) is 5.28 Å². The first-order chi connectivity index (χ1) is 4.24. The zero-order valence-corrected chi connectivity index (χ0v) is 4.64. The van der Waals surface area contributed by atoms with E-state index in [2.05, 4.69) is 5.28 Å². The summed E-state index contributed by atoms with van der Waals surface area (Å²) in [5, 5.41) is 30.3. The van der Waals surface area contributed by atoms with Gasteiger partial charge < -0.3 is 15.5 Å². The molecule has 1 saturated heterocycles. The second-order valence-electron chi connectivity index (χ2n) is 1.87. The standard InChI is InChI=1S/C3H7N3O3/c7-3-1-5(2-3)6(9)4-8/h3,7-8H,1-2H2/b6-4+. The summed E-state index contributed by atoms with van der Waals surface area (Å²) < 4.78 is 0. The SMILES string of the molecule is [O-]/[N+](=N/O)N1CC(O)C1. The molecule has 0 bridgehead atoms. The Morgan fingerprint density at radius 3 is 2.56 bits per heavy atom. The fourth-order valence-electron chi connectivity index (χ4n) is 0.629. The van der Waals surface area contributed by atoms with Crippen molar-refractivity contribution in [3.63, 3.8) is 0 Å². The van der Waals surface area contributed by atoms with Crippen LogP contribution >= 0.6 is 0 Å². The van der Waals surface area contributed by atoms with Crippen molar-refractivity contribution < 1.29 is 15.3 Å². The van der Waals surface area contributed by atoms with Crippen molar-refractivity contribution in [3.8, 4) is 0 Å². The van der Waals surface area contributed by atoms with Crippen LogP contribution < -0.4 is 0 Å². The Bertz CT molecular complexity index is 130. The molecule has 2 N–H and O–H groups in total. The van der Waals surface area contributed by atoms with Crippen LogP contribution in [0.25, 0.3) is 0 Å². The van der Waals surface area contributed by atoms with E-state index in [1.807, 2.05) is 0 Å². The molecule has 0 amide bonds. The summed E-state index contributed by atoms with van der Waals surface area (Å²) in [6, 6.07) is 0. The lowest BCUT2D eigenvalue weighted by Crippen LogP contribution is -2.53. The van der Waals surface area contributed by atoms with Crippen LogP contribution in [0.3, 0.4) is 0 Å². The zero-order valence-electron chi connectivity index (χ0n) is 4.64. The van der Waals surface area contributed by atoms with Crippen LogP contribution in [0.1, 0.15) is 0 Å². The molecule has 0 saturated carbocycles. The van der Waals surface area contributed by atoms with Crippen molar-refractivity contribution in [3.05, 3.63) is 5.21 Å². The molecule has 1 rings (SSSR count). The molecule has 0 aromatic rings. The first-order valence-corrected chi connectivity index (χ1v) is 2.49. The van der Waals surface area contributed by atoms with E-state index in [0.717, 1.165) is 5.01 Å². The Kier molecular flexibility index (Phi) is 1.39. The number of hydrogen-bond donors (Lipinski definition) is 2. The molecule has 52 valence electrons. The van der Waals surface area contributed by atoms with Gasteiger partial charge in [0.1, 0.15) is 19.2 Å². The number of nitrogens with zero attached hydrogens (tertiary/aromatic N) is 3. The number of aliphatic hydroxyl groups is 1. The van der Waals surface area contributed by atoms with Crippen LogP contribution in [0, 0.1) is 5.21 Å². The maximum atomic E-state index is 10.3. The van der Waals surface area contributed by atoms with Gasteiger partial charge >= 0.3 is 0 Å². The molecule has 0 aromatic carbocycles. The third-order valence-electron chi connectivity index (χ3n) is 1.16. The van der Waals surface area contributed by atoms with Crippen molar-refractivity contribution in [2.24, 2.45) is 5.28 Å². The molecule has 1 aliphatic rings. The Hall–Kier alpha value is -1.04. The van der Waals surface area contributed by atoms with E-state index in [9.17, 15) is 5.21 Å². The van der Waals surface area contributed by atoms with Gasteiger partial charge in [0, 0.05) is 0 Å². The number of aliphatic hydroxyl groups excluding tert-OH is 1. The van der Waals surface area contributed by atoms with Crippen molar-refractivity contribution >= 4 is 0 Å². The van der Waals surface area contributed by atoms with Gasteiger partial charge in [-0.1, -0.05) is 0 Å². The molecule has 0 atom stereocenters. The highest BCUT2D eigenvalue weighted by Gasteiger charge is 2.31. The van der Waals surface area contributed by atoms with E-state index in [1.54, 1.807) is 0 Å². The molecule has 9 heavy (non-hydrogen) atoms. The van der Waals surface area contributed by atoms with Crippen LogP contribution in [0.5, 0.6) is 0 Å². The number of hydrazine groups is 1. The fourth-order valence-corrected chi connectivity index (χ4v) is 0.629. The monoisotopic (exact) mass is 133 g/mol. The second-order valence-corrected chi connectivity index (χ2v) is 1.87. The van der Waals surface area contributed by atoms with Gasteiger partial charge in [0.15, 0.2) is 0 Å². The number of rotatable bonds is 1. The van der Waals surface area contributed by atoms with E-state index in [1.165, 1.54) is 0 Å². The van der Waals surface area contributed by atoms with Crippen molar-refractivity contribution in [2.75, 3.05) is 13.1 Å². The summed E-state index contributed by atoms with van der Waals surface area (Å²) in [6.07, 6.45) is -0.455. The average molecular weight is 133 g/mol. The molecule has 1 fully saturated rings. The topological polar surface area (TPSA) is 82.1 Å². The molecule has 0 aromatic heterocycles. The van der Waals surface area contributed by atoms with Crippen LogP contribution in [0.2, 0.25) is 0 Å². The molecule has 0 aliphatic carbocycles. The molecule has 1 heterocycles. The van der Waals surface area contributed by atoms with Gasteiger partial charge in [-0.15, -0.1) is 5.01 Å². The number of hydrogen-bond acceptors (Lipinski definition) is 3. The molecule has 0 spiro atoms. The highest BCUT2D eigenvalue weighted by atomic mass is 16.6. The summed E-state index contributed by atoms with van der Waals surface area (Å²) >= 11 is 0. The molecule has 6 nitrogen and oxygen atoms in total. The summed E-state index contributed by atoms with van der Waals surface area (Å²) in [5.41, 5.74) is 0. The van der Waals surface area contributed by atoms with Crippen molar-refractivity contribution in [1.29, 1.82) is 0 Å². The van der Waals surface area contributed by atoms with E-state index in [4.69, 9.17) is 10.3 Å². The molecule has 6 heteroatoms. The molecular weight excluding hydrogens is 126 g/mol. The van der Waals surface area contributed by atoms with Crippen LogP contribution in [-0.2, 0) is 0 Å². The maximum Gasteiger partial charge on any atom is 0.230 e. The van der Waals surface area contributed by atoms with Crippen LogP contribution in [-0.4, -0.2) is 39.5 Å². The largest absolute Gasteiger partial charge is 0.569 e. The first kappa shape index (κ1) is 6.09. The summed E-state index contributed by atoms with van der Waals surface area (Å²) in [7, 11) is 0. The lowest BCUT2D eigenvalue weighted by molar-refractivity contribution is -0.725. The fraction of sp³-hybridized carbons (Fsp3) is 1.00. The molecule has 0 unspecified atom stereocenters. The highest BCUT2D eigenvalue weighted by Crippen LogP contribution is 2.05. The quantitative estimate of drug-likeness (QED) is 0.271. The minimum Gasteiger partial charge on any atom is -0.569 e. The predicted octanol–water partition coefficient (Wildman–Crippen LogP) is -1.07. The third kappa shape index (κ3) is 1.02. The Balaban J connectivity index is 2.32. The van der Waals surface area contributed by atoms with E-state index in [-0.39, 0.29) is 18.1 Å². The third-order valence-corrected chi connectivity index (χ3v) is 1.16. The Morgan fingerprint density at radius 1 is 1.67 bits per heavy atom. The predicted molar refractivity (Wildman–Crippen MR) is 25.4 cm³/mol. The highest BCUT2D eigenvalue weighted by molar-refractivity contribution is 4.70. The van der Waals surface area contributed by atoms with Crippen LogP contribution in [0.15, 0.2) is 5.28 Å². The molecule has 1 aliphatic heterocycles. The summed E-state index contributed by atoms with van der Waals surface area (Å²) in [5.74, 6) is 0. The summed E-state index contributed by atoms with van der Waals surface area (Å²) in [4.78, 5) is 0.0483. The van der Waals surface area contributed by atoms with Gasteiger partial charge in [-0.05, 0) is 0 Å². The van der Waals surface area contributed by atoms with Gasteiger partial charge in [0.05, 0.1) is 4.97 Å². The summed E-state index contributed by atoms with van der Waals surface area (Å²) in [6.45, 7) is 0.487. The average Bonchev–Trinajstić information content (AvgIpc) is 1.79. The second kappa shape index (κ2) is 2.06. The minimum absolute atomic E-state index is 0.0483. The zero-order chi connectivity index (χ0) is 6.85. The lowest BCUT2D eigenvalue weighted by atomic mass is 10.2. The van der Waals surface area contributed by atoms with Crippen molar-refractivity contribution in [1.82, 2.24) is 5.01 Å². The smallest absolute Gasteiger partial charge is 0.230 e. The first-order valence-electron chi connectivity index (χ1n) is 2.49. The molecule has 0 radical (unpaired) electrons. The van der Waals surface area contributed by atoms with Gasteiger partial charge in [-0.3, -0.25) is 0 Å². The van der Waals surface area contributed by atoms with Crippen LogP contribution in [0.4, 0.5) is 0 Å². The van der Waals surface area contributed by atoms with Crippen molar-refractivity contribution in [2.45, 2.75) is 6.10 Å². The Morgan fingerprint density at radius 2 is 2.22 bits per heavy atom. The lowest BCUT2D eigenvalue weighted by Gasteiger charge is -2.29. The van der Waals surface area contributed by atoms with E-state index >= 15 is 0 Å².